The van der Waals surface area contributed by atoms with Crippen molar-refractivity contribution >= 4 is 72.6 Å². The number of benzene rings is 2. The highest BCUT2D eigenvalue weighted by molar-refractivity contribution is 8.01. The lowest BCUT2D eigenvalue weighted by Gasteiger charge is -2.40. The molecule has 0 spiro atoms. The minimum absolute atomic E-state index is 0.0372. The summed E-state index contributed by atoms with van der Waals surface area (Å²) in [5.41, 5.74) is 0.0351. The molecule has 2 saturated heterocycles. The first-order valence-electron chi connectivity index (χ1n) is 13.3. The number of nitro benzene ring substituents is 1. The maximum Gasteiger partial charge on any atom is 0.341 e. The molecule has 4 aromatic rings. The first-order chi connectivity index (χ1) is 20.2. The molecule has 1 N–H and O–H groups in total. The smallest absolute Gasteiger partial charge is 0.341 e. The van der Waals surface area contributed by atoms with Gasteiger partial charge in [-0.3, -0.25) is 29.5 Å². The molecule has 1 atom stereocenters. The van der Waals surface area contributed by atoms with Gasteiger partial charge in [-0.1, -0.05) is 11.3 Å². The number of halogens is 1. The molecule has 0 radical (unpaired) electrons. The number of non-ortho nitro benzene ring substituents is 1. The number of nitro groups is 1. The van der Waals surface area contributed by atoms with Gasteiger partial charge in [-0.05, 0) is 31.0 Å². The number of amides is 1. The number of thiazole rings is 1. The van der Waals surface area contributed by atoms with Gasteiger partial charge in [-0.2, -0.15) is 0 Å². The standard InChI is InChI=1S/C27H23FN6O6S2/c28-18-10-16-20(32(14-1-2-14)12-17(24(16)36)25(37)38)11-21(18)30-5-7-31(8-6-30)27-33(23(35)13-41-27)26-29-19-4-3-15(34(39)40)9-22(19)42-26/h3-4,9-12,14,27H,1-2,5-8,13H2,(H,37,38). The number of piperazine rings is 1. The molecule has 12 nitrogen and oxygen atoms in total. The lowest BCUT2D eigenvalue weighted by atomic mass is 10.1. The highest BCUT2D eigenvalue weighted by Crippen LogP contribution is 2.40. The van der Waals surface area contributed by atoms with Gasteiger partial charge in [-0.15, -0.1) is 11.8 Å². The number of thioether (sulfide) groups is 1. The summed E-state index contributed by atoms with van der Waals surface area (Å²) in [6, 6.07) is 7.31. The van der Waals surface area contributed by atoms with Gasteiger partial charge in [-0.25, -0.2) is 14.2 Å². The van der Waals surface area contributed by atoms with Gasteiger partial charge in [0.25, 0.3) is 5.69 Å². The summed E-state index contributed by atoms with van der Waals surface area (Å²) in [6.45, 7) is 1.99. The number of hydrogen-bond donors (Lipinski definition) is 1. The molecule has 1 amide bonds. The van der Waals surface area contributed by atoms with Crippen LogP contribution in [0.3, 0.4) is 0 Å². The van der Waals surface area contributed by atoms with Gasteiger partial charge >= 0.3 is 5.97 Å². The fourth-order valence-corrected chi connectivity index (χ4v) is 7.92. The second-order valence-corrected chi connectivity index (χ2v) is 12.5. The lowest BCUT2D eigenvalue weighted by molar-refractivity contribution is -0.384. The zero-order valence-electron chi connectivity index (χ0n) is 21.9. The van der Waals surface area contributed by atoms with E-state index in [9.17, 15) is 29.6 Å². The van der Waals surface area contributed by atoms with Crippen LogP contribution in [0.2, 0.25) is 0 Å². The molecule has 1 saturated carbocycles. The van der Waals surface area contributed by atoms with Gasteiger partial charge in [0.05, 0.1) is 32.1 Å². The number of fused-ring (bicyclic) bond motifs is 2. The first kappa shape index (κ1) is 26.8. The summed E-state index contributed by atoms with van der Waals surface area (Å²) in [5.74, 6) is -1.74. The van der Waals surface area contributed by atoms with Crippen LogP contribution >= 0.6 is 23.1 Å². The first-order valence-corrected chi connectivity index (χ1v) is 15.2. The minimum atomic E-state index is -1.33. The SMILES string of the molecule is O=C(O)c1cn(C2CC2)c2cc(N3CCN(C4SCC(=O)N4c4nc5ccc([N+](=O)[O-])cc5s4)CC3)c(F)cc2c1=O. The number of carboxylic acid groups (broad SMARTS) is 1. The van der Waals surface area contributed by atoms with Gasteiger partial charge in [0.15, 0.2) is 5.13 Å². The number of hydrogen-bond acceptors (Lipinski definition) is 10. The molecule has 4 heterocycles. The van der Waals surface area contributed by atoms with E-state index in [1.807, 2.05) is 4.90 Å². The molecule has 42 heavy (non-hydrogen) atoms. The third-order valence-electron chi connectivity index (χ3n) is 7.86. The average Bonchev–Trinajstić information content (AvgIpc) is 3.61. The van der Waals surface area contributed by atoms with E-state index in [-0.39, 0.29) is 39.8 Å². The van der Waals surface area contributed by atoms with E-state index in [0.29, 0.717) is 52.7 Å². The van der Waals surface area contributed by atoms with Crippen molar-refractivity contribution in [2.75, 3.05) is 41.7 Å². The largest absolute Gasteiger partial charge is 0.477 e. The van der Waals surface area contributed by atoms with Crippen LogP contribution in [0.5, 0.6) is 0 Å². The van der Waals surface area contributed by atoms with Crippen LogP contribution in [0.4, 0.5) is 20.9 Å². The van der Waals surface area contributed by atoms with Crippen LogP contribution in [0.1, 0.15) is 29.2 Å². The van der Waals surface area contributed by atoms with E-state index in [4.69, 9.17) is 0 Å². The zero-order chi connectivity index (χ0) is 29.3. The summed E-state index contributed by atoms with van der Waals surface area (Å²) in [4.78, 5) is 58.4. The topological polar surface area (TPSA) is 142 Å². The number of pyridine rings is 1. The molecule has 216 valence electrons. The number of nitrogens with zero attached hydrogens (tertiary/aromatic N) is 6. The van der Waals surface area contributed by atoms with Crippen molar-refractivity contribution in [2.24, 2.45) is 0 Å². The van der Waals surface area contributed by atoms with Crippen LogP contribution in [-0.2, 0) is 4.79 Å². The number of aromatic nitrogens is 2. The maximum atomic E-state index is 15.4. The summed E-state index contributed by atoms with van der Waals surface area (Å²) < 4.78 is 17.8. The molecule has 1 aliphatic carbocycles. The third-order valence-corrected chi connectivity index (χ3v) is 10.1. The van der Waals surface area contributed by atoms with Crippen molar-refractivity contribution in [2.45, 2.75) is 24.4 Å². The predicted molar refractivity (Wildman–Crippen MR) is 157 cm³/mol. The summed E-state index contributed by atoms with van der Waals surface area (Å²) in [5, 5.41) is 21.2. The summed E-state index contributed by atoms with van der Waals surface area (Å²) in [7, 11) is 0. The van der Waals surface area contributed by atoms with Crippen LogP contribution in [-0.4, -0.2) is 73.8 Å². The fourth-order valence-electron chi connectivity index (χ4n) is 5.59. The highest BCUT2D eigenvalue weighted by atomic mass is 32.2. The number of carbonyl (C=O) groups is 2. The second-order valence-electron chi connectivity index (χ2n) is 10.5. The Labute approximate surface area is 245 Å². The number of carboxylic acids is 1. The van der Waals surface area contributed by atoms with Gasteiger partial charge in [0.2, 0.25) is 11.3 Å². The van der Waals surface area contributed by atoms with Crippen LogP contribution in [0.25, 0.3) is 21.1 Å². The van der Waals surface area contributed by atoms with Gasteiger partial charge in [0.1, 0.15) is 16.9 Å². The van der Waals surface area contributed by atoms with Crippen molar-refractivity contribution in [3.63, 3.8) is 0 Å². The predicted octanol–water partition coefficient (Wildman–Crippen LogP) is 3.88. The molecule has 2 aliphatic heterocycles. The molecular weight excluding hydrogens is 587 g/mol. The molecular formula is C27H23FN6O6S2. The Morgan fingerprint density at radius 1 is 1.12 bits per heavy atom. The summed E-state index contributed by atoms with van der Waals surface area (Å²) in [6.07, 6.45) is 3.10. The lowest BCUT2D eigenvalue weighted by Crippen LogP contribution is -2.54. The Balaban J connectivity index is 1.14. The maximum absolute atomic E-state index is 15.4. The van der Waals surface area contributed by atoms with Gasteiger partial charge < -0.3 is 14.6 Å². The molecule has 7 rings (SSSR count). The highest BCUT2D eigenvalue weighted by Gasteiger charge is 2.40. The van der Waals surface area contributed by atoms with Crippen molar-refractivity contribution in [3.8, 4) is 0 Å². The number of aromatic carboxylic acids is 1. The van der Waals surface area contributed by atoms with Gasteiger partial charge in [0, 0.05) is 55.9 Å². The Bertz CT molecular complexity index is 1870. The summed E-state index contributed by atoms with van der Waals surface area (Å²) >= 11 is 2.71. The minimum Gasteiger partial charge on any atom is -0.477 e. The number of anilines is 2. The van der Waals surface area contributed by atoms with E-state index in [1.54, 1.807) is 21.6 Å². The fraction of sp³-hybridized carbons (Fsp3) is 0.333. The van der Waals surface area contributed by atoms with E-state index in [1.165, 1.54) is 41.4 Å². The zero-order valence-corrected chi connectivity index (χ0v) is 23.6. The van der Waals surface area contributed by atoms with E-state index >= 15 is 4.39 Å². The number of carbonyl (C=O) groups excluding carboxylic acids is 1. The Hall–Kier alpha value is -4.08. The molecule has 3 fully saturated rings. The molecule has 2 aromatic carbocycles. The molecule has 1 unspecified atom stereocenters. The van der Waals surface area contributed by atoms with Crippen LogP contribution in [0.15, 0.2) is 41.3 Å². The third kappa shape index (κ3) is 4.48. The van der Waals surface area contributed by atoms with Crippen molar-refractivity contribution in [1.29, 1.82) is 0 Å². The normalized spacial score (nSPS) is 19.7. The van der Waals surface area contributed by atoms with Crippen LogP contribution < -0.4 is 15.2 Å². The van der Waals surface area contributed by atoms with Crippen molar-refractivity contribution < 1.29 is 24.0 Å². The van der Waals surface area contributed by atoms with E-state index < -0.39 is 22.1 Å². The van der Waals surface area contributed by atoms with Crippen LogP contribution in [0, 0.1) is 15.9 Å². The molecule has 0 bridgehead atoms. The quantitative estimate of drug-likeness (QED) is 0.253. The number of rotatable bonds is 6. The molecule has 2 aromatic heterocycles. The second kappa shape index (κ2) is 10.0. The Kier molecular flexibility index (Phi) is 6.40. The van der Waals surface area contributed by atoms with Crippen molar-refractivity contribution in [3.05, 3.63) is 68.2 Å². The average molecular weight is 611 g/mol. The Morgan fingerprint density at radius 3 is 2.57 bits per heavy atom. The molecule has 3 aliphatic rings. The van der Waals surface area contributed by atoms with Crippen molar-refractivity contribution in [1.82, 2.24) is 14.5 Å². The van der Waals surface area contributed by atoms with E-state index in [0.717, 1.165) is 18.9 Å². The molecule has 15 heteroatoms. The van der Waals surface area contributed by atoms with E-state index in [2.05, 4.69) is 9.88 Å². The Morgan fingerprint density at radius 2 is 1.88 bits per heavy atom. The monoisotopic (exact) mass is 610 g/mol.